The Morgan fingerprint density at radius 1 is 1.17 bits per heavy atom. The first kappa shape index (κ1) is 19.1. The molecule has 0 spiro atoms. The number of hydrogen-bond acceptors (Lipinski definition) is 4. The topological polar surface area (TPSA) is 49.9 Å². The second-order valence-electron chi connectivity index (χ2n) is 6.59. The van der Waals surface area contributed by atoms with Crippen molar-refractivity contribution in [2.24, 2.45) is 0 Å². The van der Waals surface area contributed by atoms with Gasteiger partial charge < -0.3 is 14.5 Å². The molecular weight excluding hydrogens is 392 g/mol. The highest BCUT2D eigenvalue weighted by Gasteiger charge is 2.27. The zero-order valence-electron chi connectivity index (χ0n) is 14.3. The van der Waals surface area contributed by atoms with Crippen LogP contribution in [0.5, 0.6) is 0 Å². The van der Waals surface area contributed by atoms with Crippen LogP contribution in [-0.4, -0.2) is 59.3 Å². The SMILES string of the molecule is CC(C)(C)OC(=O)N1CCN(C(=O)CSc2cccc(Br)c2)CC1. The van der Waals surface area contributed by atoms with Gasteiger partial charge in [0.05, 0.1) is 5.75 Å². The molecule has 0 bridgehead atoms. The second kappa shape index (κ2) is 8.25. The normalized spacial score (nSPS) is 15.3. The van der Waals surface area contributed by atoms with Gasteiger partial charge in [-0.3, -0.25) is 4.79 Å². The lowest BCUT2D eigenvalue weighted by Crippen LogP contribution is -2.52. The van der Waals surface area contributed by atoms with Crippen LogP contribution in [0.25, 0.3) is 0 Å². The van der Waals surface area contributed by atoms with Gasteiger partial charge in [-0.15, -0.1) is 11.8 Å². The van der Waals surface area contributed by atoms with Crippen molar-refractivity contribution >= 4 is 39.7 Å². The van der Waals surface area contributed by atoms with Gasteiger partial charge in [-0.1, -0.05) is 22.0 Å². The second-order valence-corrected chi connectivity index (χ2v) is 8.56. The summed E-state index contributed by atoms with van der Waals surface area (Å²) in [4.78, 5) is 28.9. The van der Waals surface area contributed by atoms with E-state index in [1.807, 2.05) is 49.9 Å². The fraction of sp³-hybridized carbons (Fsp3) is 0.529. The van der Waals surface area contributed by atoms with E-state index in [0.29, 0.717) is 31.9 Å². The predicted octanol–water partition coefficient (Wildman–Crippen LogP) is 3.62. The molecule has 0 radical (unpaired) electrons. The summed E-state index contributed by atoms with van der Waals surface area (Å²) in [7, 11) is 0. The smallest absolute Gasteiger partial charge is 0.410 e. The number of piperazine rings is 1. The lowest BCUT2D eigenvalue weighted by molar-refractivity contribution is -0.130. The van der Waals surface area contributed by atoms with Gasteiger partial charge in [-0.25, -0.2) is 4.79 Å². The first-order valence-corrected chi connectivity index (χ1v) is 9.66. The lowest BCUT2D eigenvalue weighted by atomic mass is 10.2. The van der Waals surface area contributed by atoms with E-state index in [-0.39, 0.29) is 12.0 Å². The first-order valence-electron chi connectivity index (χ1n) is 7.89. The number of carbonyl (C=O) groups excluding carboxylic acids is 2. The maximum atomic E-state index is 12.3. The largest absolute Gasteiger partial charge is 0.444 e. The van der Waals surface area contributed by atoms with Crippen molar-refractivity contribution in [3.8, 4) is 0 Å². The van der Waals surface area contributed by atoms with Crippen molar-refractivity contribution in [2.45, 2.75) is 31.3 Å². The monoisotopic (exact) mass is 414 g/mol. The lowest BCUT2D eigenvalue weighted by Gasteiger charge is -2.35. The van der Waals surface area contributed by atoms with Gasteiger partial charge in [0.15, 0.2) is 0 Å². The summed E-state index contributed by atoms with van der Waals surface area (Å²) in [6, 6.07) is 7.90. The van der Waals surface area contributed by atoms with Crippen LogP contribution in [0.2, 0.25) is 0 Å². The summed E-state index contributed by atoms with van der Waals surface area (Å²) in [6.07, 6.45) is -0.307. The maximum absolute atomic E-state index is 12.3. The first-order chi connectivity index (χ1) is 11.2. The number of benzene rings is 1. The van der Waals surface area contributed by atoms with Gasteiger partial charge in [0.25, 0.3) is 0 Å². The molecule has 5 nitrogen and oxygen atoms in total. The summed E-state index contributed by atoms with van der Waals surface area (Å²) >= 11 is 4.95. The molecule has 1 saturated heterocycles. The van der Waals surface area contributed by atoms with Crippen LogP contribution in [0.3, 0.4) is 0 Å². The van der Waals surface area contributed by atoms with Crippen molar-refractivity contribution in [1.82, 2.24) is 9.80 Å². The number of rotatable bonds is 3. The minimum Gasteiger partial charge on any atom is -0.444 e. The number of carbonyl (C=O) groups is 2. The van der Waals surface area contributed by atoms with Crippen LogP contribution in [0.4, 0.5) is 4.79 Å². The van der Waals surface area contributed by atoms with Gasteiger partial charge in [0.2, 0.25) is 5.91 Å². The third-order valence-corrected chi connectivity index (χ3v) is 4.91. The Morgan fingerprint density at radius 3 is 2.38 bits per heavy atom. The number of nitrogens with zero attached hydrogens (tertiary/aromatic N) is 2. The molecule has 0 atom stereocenters. The van der Waals surface area contributed by atoms with E-state index in [4.69, 9.17) is 4.74 Å². The van der Waals surface area contributed by atoms with E-state index in [9.17, 15) is 9.59 Å². The summed E-state index contributed by atoms with van der Waals surface area (Å²) in [5, 5.41) is 0. The molecule has 1 heterocycles. The summed E-state index contributed by atoms with van der Waals surface area (Å²) < 4.78 is 6.37. The summed E-state index contributed by atoms with van der Waals surface area (Å²) in [5.74, 6) is 0.506. The average molecular weight is 415 g/mol. The van der Waals surface area contributed by atoms with Gasteiger partial charge in [-0.2, -0.15) is 0 Å². The number of amides is 2. The van der Waals surface area contributed by atoms with Crippen LogP contribution in [-0.2, 0) is 9.53 Å². The van der Waals surface area contributed by atoms with E-state index < -0.39 is 5.60 Å². The molecule has 0 saturated carbocycles. The molecule has 1 aliphatic rings. The van der Waals surface area contributed by atoms with E-state index >= 15 is 0 Å². The highest BCUT2D eigenvalue weighted by molar-refractivity contribution is 9.10. The molecule has 0 aromatic heterocycles. The van der Waals surface area contributed by atoms with Gasteiger partial charge >= 0.3 is 6.09 Å². The van der Waals surface area contributed by atoms with Gasteiger partial charge in [0, 0.05) is 35.5 Å². The molecular formula is C17H23BrN2O3S. The van der Waals surface area contributed by atoms with Crippen LogP contribution in [0, 0.1) is 0 Å². The molecule has 0 unspecified atom stereocenters. The fourth-order valence-corrected chi connectivity index (χ4v) is 3.67. The zero-order chi connectivity index (χ0) is 17.7. The predicted molar refractivity (Wildman–Crippen MR) is 99.3 cm³/mol. The van der Waals surface area contributed by atoms with Crippen LogP contribution >= 0.6 is 27.7 Å². The standard InChI is InChI=1S/C17H23BrN2O3S/c1-17(2,3)23-16(22)20-9-7-19(8-10-20)15(21)12-24-14-6-4-5-13(18)11-14/h4-6,11H,7-10,12H2,1-3H3. The number of halogens is 1. The fourth-order valence-electron chi connectivity index (χ4n) is 2.26. The van der Waals surface area contributed by atoms with Crippen molar-refractivity contribution in [3.05, 3.63) is 28.7 Å². The van der Waals surface area contributed by atoms with Crippen LogP contribution < -0.4 is 0 Å². The molecule has 7 heteroatoms. The van der Waals surface area contributed by atoms with E-state index in [2.05, 4.69) is 15.9 Å². The Bertz CT molecular complexity index is 596. The average Bonchev–Trinajstić information content (AvgIpc) is 2.51. The van der Waals surface area contributed by atoms with Crippen LogP contribution in [0.15, 0.2) is 33.6 Å². The molecule has 132 valence electrons. The number of thioether (sulfide) groups is 1. The minimum atomic E-state index is -0.495. The van der Waals surface area contributed by atoms with E-state index in [0.717, 1.165) is 9.37 Å². The molecule has 1 aliphatic heterocycles. The quantitative estimate of drug-likeness (QED) is 0.708. The molecule has 1 fully saturated rings. The third kappa shape index (κ3) is 6.02. The molecule has 0 N–H and O–H groups in total. The zero-order valence-corrected chi connectivity index (χ0v) is 16.7. The Labute approximate surface area is 155 Å². The van der Waals surface area contributed by atoms with Crippen molar-refractivity contribution in [1.29, 1.82) is 0 Å². The number of hydrogen-bond donors (Lipinski definition) is 0. The Balaban J connectivity index is 1.77. The van der Waals surface area contributed by atoms with E-state index in [1.54, 1.807) is 4.90 Å². The van der Waals surface area contributed by atoms with Crippen molar-refractivity contribution in [3.63, 3.8) is 0 Å². The van der Waals surface area contributed by atoms with Crippen molar-refractivity contribution < 1.29 is 14.3 Å². The highest BCUT2D eigenvalue weighted by atomic mass is 79.9. The molecule has 1 aromatic carbocycles. The van der Waals surface area contributed by atoms with Crippen molar-refractivity contribution in [2.75, 3.05) is 31.9 Å². The van der Waals surface area contributed by atoms with Crippen LogP contribution in [0.1, 0.15) is 20.8 Å². The Hall–Kier alpha value is -1.21. The maximum Gasteiger partial charge on any atom is 0.410 e. The Kier molecular flexibility index (Phi) is 6.57. The molecule has 2 rings (SSSR count). The Morgan fingerprint density at radius 2 is 1.79 bits per heavy atom. The van der Waals surface area contributed by atoms with E-state index in [1.165, 1.54) is 11.8 Å². The number of ether oxygens (including phenoxy) is 1. The van der Waals surface area contributed by atoms with Gasteiger partial charge in [-0.05, 0) is 39.0 Å². The molecule has 2 amide bonds. The summed E-state index contributed by atoms with van der Waals surface area (Å²) in [5.41, 5.74) is -0.495. The molecule has 24 heavy (non-hydrogen) atoms. The molecule has 1 aromatic rings. The minimum absolute atomic E-state index is 0.101. The third-order valence-electron chi connectivity index (χ3n) is 3.44. The summed E-state index contributed by atoms with van der Waals surface area (Å²) in [6.45, 7) is 7.69. The highest BCUT2D eigenvalue weighted by Crippen LogP contribution is 2.22. The van der Waals surface area contributed by atoms with Gasteiger partial charge in [0.1, 0.15) is 5.60 Å². The molecule has 0 aliphatic carbocycles.